The maximum Gasteiger partial charge on any atom is 0.333 e. The van der Waals surface area contributed by atoms with E-state index in [0.717, 1.165) is 12.8 Å². The van der Waals surface area contributed by atoms with Gasteiger partial charge in [0, 0.05) is 6.04 Å². The van der Waals surface area contributed by atoms with Gasteiger partial charge in [-0.2, -0.15) is 0 Å². The highest BCUT2D eigenvalue weighted by atomic mass is 16.5. The lowest BCUT2D eigenvalue weighted by Gasteiger charge is -2.14. The van der Waals surface area contributed by atoms with Crippen molar-refractivity contribution < 1.29 is 18.7 Å². The molecule has 0 spiro atoms. The third-order valence-corrected chi connectivity index (χ3v) is 4.39. The van der Waals surface area contributed by atoms with Gasteiger partial charge in [-0.05, 0) is 49.6 Å². The number of amides is 3. The number of benzene rings is 2. The van der Waals surface area contributed by atoms with Gasteiger partial charge in [0.1, 0.15) is 18.1 Å². The number of hydrazine groups is 1. The Bertz CT molecular complexity index is 941. The van der Waals surface area contributed by atoms with E-state index in [9.17, 15) is 9.59 Å². The predicted molar refractivity (Wildman–Crippen MR) is 113 cm³/mol. The quantitative estimate of drug-likeness (QED) is 0.495. The second-order valence-corrected chi connectivity index (χ2v) is 6.85. The zero-order chi connectivity index (χ0) is 21.2. The van der Waals surface area contributed by atoms with E-state index >= 15 is 0 Å². The van der Waals surface area contributed by atoms with E-state index in [0.29, 0.717) is 11.5 Å². The molecule has 1 heterocycles. The van der Waals surface area contributed by atoms with Crippen LogP contribution >= 0.6 is 0 Å². The topological polar surface area (TPSA) is 92.6 Å². The summed E-state index contributed by atoms with van der Waals surface area (Å²) >= 11 is 0. The minimum atomic E-state index is -0.548. The van der Waals surface area contributed by atoms with Gasteiger partial charge in [0.05, 0.1) is 0 Å². The summed E-state index contributed by atoms with van der Waals surface area (Å²) in [7, 11) is 0. The Morgan fingerprint density at radius 1 is 0.933 bits per heavy atom. The van der Waals surface area contributed by atoms with Crippen LogP contribution in [0.15, 0.2) is 77.2 Å². The molecule has 3 rings (SSSR count). The molecule has 0 radical (unpaired) electrons. The van der Waals surface area contributed by atoms with Gasteiger partial charge < -0.3 is 14.5 Å². The summed E-state index contributed by atoms with van der Waals surface area (Å²) in [6, 6.07) is 22.0. The molecule has 7 heteroatoms. The number of aryl methyl sites for hydroxylation is 1. The molecule has 0 fully saturated rings. The molecule has 2 aromatic carbocycles. The molecule has 0 saturated heterocycles. The summed E-state index contributed by atoms with van der Waals surface area (Å²) < 4.78 is 11.0. The van der Waals surface area contributed by atoms with Gasteiger partial charge in [-0.25, -0.2) is 10.2 Å². The standard InChI is InChI=1S/C23H25N3O4/c1-17(12-13-18-8-4-2-5-9-18)24-23(28)26-25-22(27)21-15-14-20(30-21)16-29-19-10-6-3-7-11-19/h2-11,14-15,17H,12-13,16H2,1H3,(H,25,27)(H2,24,26,28). The monoisotopic (exact) mass is 407 g/mol. The van der Waals surface area contributed by atoms with Gasteiger partial charge in [-0.15, -0.1) is 0 Å². The number of furan rings is 1. The van der Waals surface area contributed by atoms with Gasteiger partial charge in [-0.3, -0.25) is 10.2 Å². The molecule has 1 aromatic heterocycles. The number of rotatable bonds is 8. The molecule has 30 heavy (non-hydrogen) atoms. The highest BCUT2D eigenvalue weighted by molar-refractivity contribution is 5.92. The van der Waals surface area contributed by atoms with Crippen LogP contribution in [0.2, 0.25) is 0 Å². The summed E-state index contributed by atoms with van der Waals surface area (Å²) in [5, 5.41) is 2.79. The van der Waals surface area contributed by atoms with Crippen LogP contribution in [0.4, 0.5) is 4.79 Å². The van der Waals surface area contributed by atoms with Crippen LogP contribution in [0, 0.1) is 0 Å². The number of nitrogens with one attached hydrogen (secondary N) is 3. The van der Waals surface area contributed by atoms with Crippen LogP contribution in [0.5, 0.6) is 5.75 Å². The molecule has 0 aliphatic rings. The van der Waals surface area contributed by atoms with Crippen LogP contribution < -0.4 is 20.9 Å². The van der Waals surface area contributed by atoms with Crippen molar-refractivity contribution in [2.24, 2.45) is 0 Å². The van der Waals surface area contributed by atoms with Crippen LogP contribution in [-0.2, 0) is 13.0 Å². The van der Waals surface area contributed by atoms with Gasteiger partial charge in [-0.1, -0.05) is 48.5 Å². The van der Waals surface area contributed by atoms with Crippen LogP contribution in [0.1, 0.15) is 35.2 Å². The average Bonchev–Trinajstić information content (AvgIpc) is 3.25. The number of ether oxygens (including phenoxy) is 1. The SMILES string of the molecule is CC(CCc1ccccc1)NC(=O)NNC(=O)c1ccc(COc2ccccc2)o1. The van der Waals surface area contributed by atoms with Crippen molar-refractivity contribution >= 4 is 11.9 Å². The fraction of sp³-hybridized carbons (Fsp3) is 0.217. The fourth-order valence-electron chi connectivity index (χ4n) is 2.78. The fourth-order valence-corrected chi connectivity index (χ4v) is 2.78. The largest absolute Gasteiger partial charge is 0.486 e. The van der Waals surface area contributed by atoms with Crippen LogP contribution in [-0.4, -0.2) is 18.0 Å². The zero-order valence-electron chi connectivity index (χ0n) is 16.8. The molecule has 156 valence electrons. The minimum Gasteiger partial charge on any atom is -0.486 e. The van der Waals surface area contributed by atoms with Crippen molar-refractivity contribution in [1.29, 1.82) is 0 Å². The molecule has 7 nitrogen and oxygen atoms in total. The molecule has 1 unspecified atom stereocenters. The summed E-state index contributed by atoms with van der Waals surface area (Å²) in [4.78, 5) is 24.1. The van der Waals surface area contributed by atoms with Crippen molar-refractivity contribution in [2.75, 3.05) is 0 Å². The molecule has 3 N–H and O–H groups in total. The number of hydrogen-bond donors (Lipinski definition) is 3. The molecule has 1 atom stereocenters. The number of urea groups is 1. The molecule has 3 aromatic rings. The first-order chi connectivity index (χ1) is 14.6. The molecular weight excluding hydrogens is 382 g/mol. The molecule has 0 bridgehead atoms. The lowest BCUT2D eigenvalue weighted by molar-refractivity contribution is 0.0904. The molecule has 0 aliphatic heterocycles. The summed E-state index contributed by atoms with van der Waals surface area (Å²) in [6.07, 6.45) is 1.64. The first-order valence-corrected chi connectivity index (χ1v) is 9.77. The summed E-state index contributed by atoms with van der Waals surface area (Å²) in [5.74, 6) is 0.745. The van der Waals surface area contributed by atoms with E-state index in [1.54, 1.807) is 6.07 Å². The van der Waals surface area contributed by atoms with Crippen LogP contribution in [0.25, 0.3) is 0 Å². The number of para-hydroxylation sites is 1. The molecule has 0 saturated carbocycles. The molecule has 3 amide bonds. The Morgan fingerprint density at radius 3 is 2.37 bits per heavy atom. The van der Waals surface area contributed by atoms with Crippen molar-refractivity contribution in [1.82, 2.24) is 16.2 Å². The number of carbonyl (C=O) groups is 2. The van der Waals surface area contributed by atoms with E-state index in [1.807, 2.05) is 55.5 Å². The lowest BCUT2D eigenvalue weighted by atomic mass is 10.1. The van der Waals surface area contributed by atoms with Gasteiger partial charge in [0.25, 0.3) is 0 Å². The average molecular weight is 407 g/mol. The Morgan fingerprint density at radius 2 is 1.63 bits per heavy atom. The number of hydrogen-bond acceptors (Lipinski definition) is 4. The third-order valence-electron chi connectivity index (χ3n) is 4.39. The summed E-state index contributed by atoms with van der Waals surface area (Å²) in [6.45, 7) is 2.11. The van der Waals surface area contributed by atoms with E-state index in [-0.39, 0.29) is 18.4 Å². The van der Waals surface area contributed by atoms with Gasteiger partial charge in [0.15, 0.2) is 5.76 Å². The number of carbonyl (C=O) groups excluding carboxylic acids is 2. The highest BCUT2D eigenvalue weighted by Gasteiger charge is 2.13. The van der Waals surface area contributed by atoms with Gasteiger partial charge in [0.2, 0.25) is 0 Å². The van der Waals surface area contributed by atoms with E-state index in [2.05, 4.69) is 28.3 Å². The second kappa shape index (κ2) is 10.7. The Balaban J connectivity index is 1.37. The maximum atomic E-state index is 12.1. The first-order valence-electron chi connectivity index (χ1n) is 9.77. The van der Waals surface area contributed by atoms with E-state index in [1.165, 1.54) is 11.6 Å². The second-order valence-electron chi connectivity index (χ2n) is 6.85. The van der Waals surface area contributed by atoms with E-state index < -0.39 is 11.9 Å². The summed E-state index contributed by atoms with van der Waals surface area (Å²) in [5.41, 5.74) is 5.88. The van der Waals surface area contributed by atoms with Crippen LogP contribution in [0.3, 0.4) is 0 Å². The zero-order valence-corrected chi connectivity index (χ0v) is 16.8. The van der Waals surface area contributed by atoms with Crippen molar-refractivity contribution in [2.45, 2.75) is 32.4 Å². The minimum absolute atomic E-state index is 0.0486. The van der Waals surface area contributed by atoms with Crippen molar-refractivity contribution in [3.8, 4) is 5.75 Å². The highest BCUT2D eigenvalue weighted by Crippen LogP contribution is 2.13. The molecule has 0 aliphatic carbocycles. The first kappa shape index (κ1) is 21.0. The van der Waals surface area contributed by atoms with Crippen molar-refractivity contribution in [3.05, 3.63) is 89.9 Å². The predicted octanol–water partition coefficient (Wildman–Crippen LogP) is 3.82. The Kier molecular flexibility index (Phi) is 7.49. The third kappa shape index (κ3) is 6.70. The Labute approximate surface area is 175 Å². The molecular formula is C23H25N3O4. The Hall–Kier alpha value is -3.74. The lowest BCUT2D eigenvalue weighted by Crippen LogP contribution is -2.49. The van der Waals surface area contributed by atoms with E-state index in [4.69, 9.17) is 9.15 Å². The van der Waals surface area contributed by atoms with Crippen molar-refractivity contribution in [3.63, 3.8) is 0 Å². The van der Waals surface area contributed by atoms with Gasteiger partial charge >= 0.3 is 11.9 Å². The normalized spacial score (nSPS) is 11.4. The maximum absolute atomic E-state index is 12.1. The smallest absolute Gasteiger partial charge is 0.333 e.